The van der Waals surface area contributed by atoms with Crippen LogP contribution in [0.4, 0.5) is 5.69 Å². The molecule has 0 saturated heterocycles. The van der Waals surface area contributed by atoms with E-state index in [0.29, 0.717) is 6.61 Å². The first kappa shape index (κ1) is 13.5. The molecule has 0 aliphatic carbocycles. The zero-order valence-electron chi connectivity index (χ0n) is 12.1. The van der Waals surface area contributed by atoms with Crippen LogP contribution in [0, 0.1) is 27.7 Å². The molecule has 2 heteroatoms. The van der Waals surface area contributed by atoms with E-state index in [-0.39, 0.29) is 0 Å². The standard InChI is InChI=1S/C17H21NO/c1-11-6-5-7-12(2)15(11)10-19-17-9-13(3)16(18)8-14(17)4/h5-9H,10,18H2,1-4H3. The normalized spacial score (nSPS) is 10.5. The van der Waals surface area contributed by atoms with Crippen molar-refractivity contribution in [3.05, 3.63) is 58.1 Å². The van der Waals surface area contributed by atoms with Crippen molar-refractivity contribution < 1.29 is 4.74 Å². The fourth-order valence-corrected chi connectivity index (χ4v) is 2.19. The summed E-state index contributed by atoms with van der Waals surface area (Å²) in [5.74, 6) is 0.911. The van der Waals surface area contributed by atoms with Crippen molar-refractivity contribution >= 4 is 5.69 Å². The van der Waals surface area contributed by atoms with Crippen LogP contribution in [0.1, 0.15) is 27.8 Å². The van der Waals surface area contributed by atoms with Crippen LogP contribution in [0.3, 0.4) is 0 Å². The van der Waals surface area contributed by atoms with Crippen LogP contribution in [0.15, 0.2) is 30.3 Å². The Morgan fingerprint density at radius 3 is 2.16 bits per heavy atom. The number of benzene rings is 2. The first-order valence-corrected chi connectivity index (χ1v) is 6.53. The minimum atomic E-state index is 0.600. The van der Waals surface area contributed by atoms with Gasteiger partial charge in [0.15, 0.2) is 0 Å². The largest absolute Gasteiger partial charge is 0.489 e. The third kappa shape index (κ3) is 2.90. The van der Waals surface area contributed by atoms with Crippen molar-refractivity contribution in [3.63, 3.8) is 0 Å². The number of nitrogen functional groups attached to an aromatic ring is 1. The van der Waals surface area contributed by atoms with Crippen LogP contribution >= 0.6 is 0 Å². The number of aryl methyl sites for hydroxylation is 4. The van der Waals surface area contributed by atoms with Crippen molar-refractivity contribution in [2.75, 3.05) is 5.73 Å². The summed E-state index contributed by atoms with van der Waals surface area (Å²) in [7, 11) is 0. The second-order valence-corrected chi connectivity index (χ2v) is 5.13. The van der Waals surface area contributed by atoms with Crippen LogP contribution in [0.25, 0.3) is 0 Å². The molecule has 0 spiro atoms. The molecule has 0 heterocycles. The van der Waals surface area contributed by atoms with Gasteiger partial charge >= 0.3 is 0 Å². The van der Waals surface area contributed by atoms with Gasteiger partial charge in [0.2, 0.25) is 0 Å². The average Bonchev–Trinajstić information content (AvgIpc) is 2.34. The van der Waals surface area contributed by atoms with E-state index >= 15 is 0 Å². The monoisotopic (exact) mass is 255 g/mol. The highest BCUT2D eigenvalue weighted by atomic mass is 16.5. The summed E-state index contributed by atoms with van der Waals surface area (Å²) in [5.41, 5.74) is 12.6. The molecule has 2 rings (SSSR count). The highest BCUT2D eigenvalue weighted by molar-refractivity contribution is 5.53. The molecule has 0 aliphatic rings. The molecule has 0 aromatic heterocycles. The number of anilines is 1. The maximum atomic E-state index is 5.96. The topological polar surface area (TPSA) is 35.2 Å². The van der Waals surface area contributed by atoms with Gasteiger partial charge in [0.1, 0.15) is 12.4 Å². The lowest BCUT2D eigenvalue weighted by atomic mass is 10.0. The fourth-order valence-electron chi connectivity index (χ4n) is 2.19. The minimum Gasteiger partial charge on any atom is -0.489 e. The number of nitrogens with two attached hydrogens (primary N) is 1. The van der Waals surface area contributed by atoms with Gasteiger partial charge in [0.25, 0.3) is 0 Å². The highest BCUT2D eigenvalue weighted by Crippen LogP contribution is 2.25. The van der Waals surface area contributed by atoms with Gasteiger partial charge in [-0.1, -0.05) is 18.2 Å². The lowest BCUT2D eigenvalue weighted by Gasteiger charge is -2.14. The van der Waals surface area contributed by atoms with Crippen molar-refractivity contribution in [2.45, 2.75) is 34.3 Å². The third-order valence-electron chi connectivity index (χ3n) is 3.58. The average molecular weight is 255 g/mol. The summed E-state index contributed by atoms with van der Waals surface area (Å²) in [6.45, 7) is 8.86. The van der Waals surface area contributed by atoms with Crippen molar-refractivity contribution in [1.29, 1.82) is 0 Å². The van der Waals surface area contributed by atoms with E-state index in [2.05, 4.69) is 32.0 Å². The Labute approximate surface area is 115 Å². The fraction of sp³-hybridized carbons (Fsp3) is 0.294. The Bertz CT molecular complexity index is 582. The summed E-state index contributed by atoms with van der Waals surface area (Å²) < 4.78 is 5.96. The first-order valence-electron chi connectivity index (χ1n) is 6.53. The van der Waals surface area contributed by atoms with Crippen LogP contribution < -0.4 is 10.5 Å². The molecule has 19 heavy (non-hydrogen) atoms. The van der Waals surface area contributed by atoms with Gasteiger partial charge in [0.05, 0.1) is 0 Å². The van der Waals surface area contributed by atoms with E-state index in [0.717, 1.165) is 22.6 Å². The molecule has 2 aromatic carbocycles. The summed E-state index contributed by atoms with van der Waals surface area (Å²) in [5, 5.41) is 0. The molecule has 0 saturated carbocycles. The molecule has 0 unspecified atom stereocenters. The second kappa shape index (κ2) is 5.35. The molecule has 2 nitrogen and oxygen atoms in total. The van der Waals surface area contributed by atoms with Crippen LogP contribution in [-0.4, -0.2) is 0 Å². The molecule has 0 fully saturated rings. The Balaban J connectivity index is 2.22. The molecular weight excluding hydrogens is 234 g/mol. The smallest absolute Gasteiger partial charge is 0.123 e. The van der Waals surface area contributed by atoms with Crippen LogP contribution in [0.2, 0.25) is 0 Å². The molecular formula is C17H21NO. The minimum absolute atomic E-state index is 0.600. The van der Waals surface area contributed by atoms with Crippen LogP contribution in [0.5, 0.6) is 5.75 Å². The zero-order chi connectivity index (χ0) is 14.0. The van der Waals surface area contributed by atoms with Gasteiger partial charge in [-0.3, -0.25) is 0 Å². The Morgan fingerprint density at radius 1 is 0.895 bits per heavy atom. The summed E-state index contributed by atoms with van der Waals surface area (Å²) in [6, 6.07) is 10.3. The van der Waals surface area contributed by atoms with Gasteiger partial charge in [-0.15, -0.1) is 0 Å². The molecule has 0 amide bonds. The SMILES string of the molecule is Cc1cc(OCc2c(C)cccc2C)c(C)cc1N. The van der Waals surface area contributed by atoms with E-state index in [1.807, 2.05) is 26.0 Å². The molecule has 2 aromatic rings. The molecule has 0 bridgehead atoms. The molecule has 100 valence electrons. The Morgan fingerprint density at radius 2 is 1.53 bits per heavy atom. The number of rotatable bonds is 3. The van der Waals surface area contributed by atoms with Gasteiger partial charge in [-0.25, -0.2) is 0 Å². The van der Waals surface area contributed by atoms with Gasteiger partial charge < -0.3 is 10.5 Å². The van der Waals surface area contributed by atoms with Crippen molar-refractivity contribution in [3.8, 4) is 5.75 Å². The first-order chi connectivity index (χ1) is 8.99. The lowest BCUT2D eigenvalue weighted by Crippen LogP contribution is -2.02. The van der Waals surface area contributed by atoms with Crippen LogP contribution in [-0.2, 0) is 6.61 Å². The number of hydrogen-bond acceptors (Lipinski definition) is 2. The summed E-state index contributed by atoms with van der Waals surface area (Å²) in [4.78, 5) is 0. The van der Waals surface area contributed by atoms with E-state index in [1.165, 1.54) is 16.7 Å². The molecule has 0 radical (unpaired) electrons. The van der Waals surface area contributed by atoms with E-state index in [1.54, 1.807) is 0 Å². The van der Waals surface area contributed by atoms with E-state index in [4.69, 9.17) is 10.5 Å². The summed E-state index contributed by atoms with van der Waals surface area (Å²) in [6.07, 6.45) is 0. The van der Waals surface area contributed by atoms with Gasteiger partial charge in [-0.05, 0) is 67.6 Å². The predicted molar refractivity (Wildman–Crippen MR) is 80.6 cm³/mol. The maximum Gasteiger partial charge on any atom is 0.123 e. The Hall–Kier alpha value is -1.96. The molecule has 0 atom stereocenters. The van der Waals surface area contributed by atoms with Gasteiger partial charge in [0, 0.05) is 5.69 Å². The number of ether oxygens (including phenoxy) is 1. The quantitative estimate of drug-likeness (QED) is 0.839. The maximum absolute atomic E-state index is 5.96. The Kier molecular flexibility index (Phi) is 3.79. The number of hydrogen-bond donors (Lipinski definition) is 1. The van der Waals surface area contributed by atoms with E-state index < -0.39 is 0 Å². The van der Waals surface area contributed by atoms with Crippen molar-refractivity contribution in [2.24, 2.45) is 0 Å². The highest BCUT2D eigenvalue weighted by Gasteiger charge is 2.06. The van der Waals surface area contributed by atoms with E-state index in [9.17, 15) is 0 Å². The zero-order valence-corrected chi connectivity index (χ0v) is 12.1. The predicted octanol–water partition coefficient (Wildman–Crippen LogP) is 4.08. The molecule has 2 N–H and O–H groups in total. The van der Waals surface area contributed by atoms with Gasteiger partial charge in [-0.2, -0.15) is 0 Å². The lowest BCUT2D eigenvalue weighted by molar-refractivity contribution is 0.302. The molecule has 0 aliphatic heterocycles. The van der Waals surface area contributed by atoms with Crippen molar-refractivity contribution in [1.82, 2.24) is 0 Å². The summed E-state index contributed by atoms with van der Waals surface area (Å²) >= 11 is 0. The second-order valence-electron chi connectivity index (χ2n) is 5.13. The third-order valence-corrected chi connectivity index (χ3v) is 3.58.